The molecule has 1 aliphatic rings. The fraction of sp³-hybridized carbons (Fsp3) is 0.529. The van der Waals surface area contributed by atoms with Gasteiger partial charge < -0.3 is 10.2 Å². The first kappa shape index (κ1) is 13.7. The molecule has 0 spiro atoms. The predicted molar refractivity (Wildman–Crippen MR) is 82.6 cm³/mol. The monoisotopic (exact) mass is 272 g/mol. The molecule has 1 aromatic carbocycles. The molecule has 2 aromatic rings. The Hall–Kier alpha value is -1.32. The number of hydrogen-bond donors (Lipinski definition) is 1. The molecule has 2 atom stereocenters. The van der Waals surface area contributed by atoms with Crippen molar-refractivity contribution < 1.29 is 4.42 Å². The molecule has 2 N–H and O–H groups in total. The molecule has 0 aliphatic carbocycles. The summed E-state index contributed by atoms with van der Waals surface area (Å²) in [5.41, 5.74) is 8.42. The highest BCUT2D eigenvalue weighted by Crippen LogP contribution is 2.28. The van der Waals surface area contributed by atoms with E-state index in [0.717, 1.165) is 24.4 Å². The van der Waals surface area contributed by atoms with Crippen LogP contribution < -0.4 is 5.73 Å². The average molecular weight is 272 g/mol. The highest BCUT2D eigenvalue weighted by Gasteiger charge is 2.24. The lowest BCUT2D eigenvalue weighted by Gasteiger charge is -2.34. The number of nitrogens with zero attached hydrogens (tertiary/aromatic N) is 1. The highest BCUT2D eigenvalue weighted by molar-refractivity contribution is 5.82. The summed E-state index contributed by atoms with van der Waals surface area (Å²) in [4.78, 5) is 2.53. The number of rotatable bonds is 3. The second kappa shape index (κ2) is 5.58. The van der Waals surface area contributed by atoms with Crippen molar-refractivity contribution in [1.82, 2.24) is 4.90 Å². The number of hydrogen-bond acceptors (Lipinski definition) is 3. The topological polar surface area (TPSA) is 42.4 Å². The molecule has 1 fully saturated rings. The first-order valence-corrected chi connectivity index (χ1v) is 7.60. The number of piperidine rings is 1. The van der Waals surface area contributed by atoms with Crippen molar-refractivity contribution in [1.29, 1.82) is 0 Å². The number of para-hydroxylation sites is 1. The number of likely N-dealkylation sites (tertiary alicyclic amines) is 1. The standard InChI is InChI=1S/C17H24N2O/c1-12(18)14-6-5-9-19(10-14)11-16-13(2)20-17-8-4-3-7-15(16)17/h3-4,7-8,12,14H,5-6,9-11,18H2,1-2H3. The SMILES string of the molecule is Cc1oc2ccccc2c1CN1CCCC(C(C)N)C1. The Morgan fingerprint density at radius 1 is 1.40 bits per heavy atom. The van der Waals surface area contributed by atoms with Crippen LogP contribution in [0.1, 0.15) is 31.1 Å². The molecular formula is C17H24N2O. The smallest absolute Gasteiger partial charge is 0.134 e. The van der Waals surface area contributed by atoms with Crippen LogP contribution in [0, 0.1) is 12.8 Å². The molecule has 3 nitrogen and oxygen atoms in total. The Bertz CT molecular complexity index is 588. The minimum absolute atomic E-state index is 0.292. The van der Waals surface area contributed by atoms with Gasteiger partial charge in [0.15, 0.2) is 0 Å². The molecule has 0 bridgehead atoms. The van der Waals surface area contributed by atoms with Crippen molar-refractivity contribution in [2.45, 2.75) is 39.3 Å². The molecule has 0 amide bonds. The third-order valence-corrected chi connectivity index (χ3v) is 4.57. The molecule has 1 saturated heterocycles. The number of furan rings is 1. The lowest BCUT2D eigenvalue weighted by Crippen LogP contribution is -2.41. The average Bonchev–Trinajstić information content (AvgIpc) is 2.76. The van der Waals surface area contributed by atoms with Crippen molar-refractivity contribution in [3.63, 3.8) is 0 Å². The van der Waals surface area contributed by atoms with E-state index in [1.54, 1.807) is 0 Å². The van der Waals surface area contributed by atoms with Crippen molar-refractivity contribution in [2.24, 2.45) is 11.7 Å². The Morgan fingerprint density at radius 2 is 2.20 bits per heavy atom. The minimum Gasteiger partial charge on any atom is -0.461 e. The van der Waals surface area contributed by atoms with Gasteiger partial charge in [0.05, 0.1) is 0 Å². The van der Waals surface area contributed by atoms with Gasteiger partial charge in [-0.1, -0.05) is 18.2 Å². The zero-order chi connectivity index (χ0) is 14.1. The minimum atomic E-state index is 0.292. The van der Waals surface area contributed by atoms with Crippen LogP contribution in [0.4, 0.5) is 0 Å². The van der Waals surface area contributed by atoms with E-state index in [-0.39, 0.29) is 0 Å². The lowest BCUT2D eigenvalue weighted by atomic mass is 9.92. The molecule has 1 aliphatic heterocycles. The summed E-state index contributed by atoms with van der Waals surface area (Å²) in [5.74, 6) is 1.68. The number of fused-ring (bicyclic) bond motifs is 1. The molecule has 0 radical (unpaired) electrons. The van der Waals surface area contributed by atoms with Gasteiger partial charge in [-0.2, -0.15) is 0 Å². The first-order chi connectivity index (χ1) is 9.65. The normalized spacial score (nSPS) is 22.2. The highest BCUT2D eigenvalue weighted by atomic mass is 16.3. The summed E-state index contributed by atoms with van der Waals surface area (Å²) in [5, 5.41) is 1.26. The van der Waals surface area contributed by atoms with Crippen molar-refractivity contribution in [3.8, 4) is 0 Å². The van der Waals surface area contributed by atoms with E-state index in [9.17, 15) is 0 Å². The first-order valence-electron chi connectivity index (χ1n) is 7.60. The van der Waals surface area contributed by atoms with Crippen LogP contribution >= 0.6 is 0 Å². The molecule has 2 heterocycles. The zero-order valence-corrected chi connectivity index (χ0v) is 12.4. The summed E-state index contributed by atoms with van der Waals surface area (Å²) in [7, 11) is 0. The second-order valence-electron chi connectivity index (χ2n) is 6.13. The quantitative estimate of drug-likeness (QED) is 0.932. The van der Waals surface area contributed by atoms with Gasteiger partial charge in [-0.15, -0.1) is 0 Å². The largest absolute Gasteiger partial charge is 0.461 e. The van der Waals surface area contributed by atoms with Gasteiger partial charge in [0.2, 0.25) is 0 Å². The van der Waals surface area contributed by atoms with E-state index in [2.05, 4.69) is 30.9 Å². The van der Waals surface area contributed by atoms with Crippen molar-refractivity contribution in [2.75, 3.05) is 13.1 Å². The molecule has 0 saturated carbocycles. The van der Waals surface area contributed by atoms with E-state index in [1.807, 2.05) is 12.1 Å². The van der Waals surface area contributed by atoms with Gasteiger partial charge in [0.25, 0.3) is 0 Å². The second-order valence-corrected chi connectivity index (χ2v) is 6.13. The summed E-state index contributed by atoms with van der Waals surface area (Å²) < 4.78 is 5.86. The van der Waals surface area contributed by atoms with Crippen LogP contribution in [0.3, 0.4) is 0 Å². The van der Waals surface area contributed by atoms with Gasteiger partial charge >= 0.3 is 0 Å². The number of nitrogens with two attached hydrogens (primary N) is 1. The molecule has 20 heavy (non-hydrogen) atoms. The Balaban J connectivity index is 1.81. The van der Waals surface area contributed by atoms with Gasteiger partial charge in [0, 0.05) is 30.1 Å². The van der Waals surface area contributed by atoms with Gasteiger partial charge in [0.1, 0.15) is 11.3 Å². The molecule has 2 unspecified atom stereocenters. The Morgan fingerprint density at radius 3 is 3.00 bits per heavy atom. The number of aryl methyl sites for hydroxylation is 1. The maximum absolute atomic E-state index is 6.08. The molecule has 3 rings (SSSR count). The van der Waals surface area contributed by atoms with Crippen LogP contribution in [0.2, 0.25) is 0 Å². The van der Waals surface area contributed by atoms with E-state index in [1.165, 1.54) is 30.3 Å². The Labute approximate surface area is 120 Å². The van der Waals surface area contributed by atoms with Gasteiger partial charge in [-0.3, -0.25) is 4.90 Å². The van der Waals surface area contributed by atoms with E-state index < -0.39 is 0 Å². The maximum Gasteiger partial charge on any atom is 0.134 e. The fourth-order valence-electron chi connectivity index (χ4n) is 3.31. The van der Waals surface area contributed by atoms with E-state index >= 15 is 0 Å². The maximum atomic E-state index is 6.08. The Kier molecular flexibility index (Phi) is 3.81. The third kappa shape index (κ3) is 2.60. The van der Waals surface area contributed by atoms with Crippen LogP contribution in [-0.4, -0.2) is 24.0 Å². The number of benzene rings is 1. The fourth-order valence-corrected chi connectivity index (χ4v) is 3.31. The van der Waals surface area contributed by atoms with Crippen LogP contribution in [-0.2, 0) is 6.54 Å². The summed E-state index contributed by atoms with van der Waals surface area (Å²) in [6.45, 7) is 7.46. The summed E-state index contributed by atoms with van der Waals surface area (Å²) in [6, 6.07) is 8.62. The van der Waals surface area contributed by atoms with Crippen LogP contribution in [0.25, 0.3) is 11.0 Å². The summed E-state index contributed by atoms with van der Waals surface area (Å²) in [6.07, 6.45) is 2.51. The lowest BCUT2D eigenvalue weighted by molar-refractivity contribution is 0.154. The van der Waals surface area contributed by atoms with Gasteiger partial charge in [-0.05, 0) is 45.2 Å². The molecule has 108 valence electrons. The molecule has 1 aromatic heterocycles. The predicted octanol–water partition coefficient (Wildman–Crippen LogP) is 3.30. The molecule has 3 heteroatoms. The van der Waals surface area contributed by atoms with E-state index in [4.69, 9.17) is 10.2 Å². The van der Waals surface area contributed by atoms with Crippen molar-refractivity contribution in [3.05, 3.63) is 35.6 Å². The van der Waals surface area contributed by atoms with Crippen LogP contribution in [0.15, 0.2) is 28.7 Å². The molecular weight excluding hydrogens is 248 g/mol. The third-order valence-electron chi connectivity index (χ3n) is 4.57. The van der Waals surface area contributed by atoms with Crippen molar-refractivity contribution >= 4 is 11.0 Å². The van der Waals surface area contributed by atoms with Gasteiger partial charge in [-0.25, -0.2) is 0 Å². The summed E-state index contributed by atoms with van der Waals surface area (Å²) >= 11 is 0. The zero-order valence-electron chi connectivity index (χ0n) is 12.4. The van der Waals surface area contributed by atoms with Crippen LogP contribution in [0.5, 0.6) is 0 Å². The van der Waals surface area contributed by atoms with E-state index in [0.29, 0.717) is 12.0 Å².